The standard InChI is InChI=1S/C11H12N2O4/c1-17-7-9-11(15,16)10(14)13(12-9)8-5-3-2-4-6-8/h2-6,15-16H,7H2,1H3. The van der Waals surface area contributed by atoms with Gasteiger partial charge in [-0.05, 0) is 12.1 Å². The van der Waals surface area contributed by atoms with E-state index in [0.29, 0.717) is 5.69 Å². The summed E-state index contributed by atoms with van der Waals surface area (Å²) in [5.74, 6) is -3.50. The first-order valence-electron chi connectivity index (χ1n) is 4.98. The minimum Gasteiger partial charge on any atom is -0.378 e. The Bertz CT molecular complexity index is 456. The average molecular weight is 236 g/mol. The molecule has 1 aromatic carbocycles. The number of ether oxygens (including phenoxy) is 1. The van der Waals surface area contributed by atoms with E-state index in [-0.39, 0.29) is 12.3 Å². The molecule has 0 spiro atoms. The minimum absolute atomic E-state index is 0.123. The van der Waals surface area contributed by atoms with Crippen molar-refractivity contribution in [3.8, 4) is 0 Å². The molecule has 1 heterocycles. The summed E-state index contributed by atoms with van der Waals surface area (Å²) in [6, 6.07) is 8.53. The highest BCUT2D eigenvalue weighted by Gasteiger charge is 2.49. The molecule has 1 aliphatic rings. The highest BCUT2D eigenvalue weighted by atomic mass is 16.5. The van der Waals surface area contributed by atoms with E-state index >= 15 is 0 Å². The number of aliphatic hydroxyl groups is 2. The molecule has 1 aromatic rings. The Morgan fingerprint density at radius 2 is 2.00 bits per heavy atom. The monoisotopic (exact) mass is 236 g/mol. The number of rotatable bonds is 3. The van der Waals surface area contributed by atoms with E-state index in [0.717, 1.165) is 5.01 Å². The number of benzene rings is 1. The zero-order chi connectivity index (χ0) is 12.5. The maximum atomic E-state index is 11.8. The fraction of sp³-hybridized carbons (Fsp3) is 0.273. The van der Waals surface area contributed by atoms with Crippen molar-refractivity contribution in [3.63, 3.8) is 0 Å². The van der Waals surface area contributed by atoms with Crippen LogP contribution >= 0.6 is 0 Å². The van der Waals surface area contributed by atoms with Crippen LogP contribution < -0.4 is 5.01 Å². The molecule has 90 valence electrons. The van der Waals surface area contributed by atoms with Crippen molar-refractivity contribution >= 4 is 17.3 Å². The number of methoxy groups -OCH3 is 1. The van der Waals surface area contributed by atoms with Crippen LogP contribution in [0.4, 0.5) is 5.69 Å². The first kappa shape index (κ1) is 11.7. The normalized spacial score (nSPS) is 18.4. The van der Waals surface area contributed by atoms with Gasteiger partial charge in [-0.1, -0.05) is 18.2 Å². The van der Waals surface area contributed by atoms with E-state index < -0.39 is 11.7 Å². The summed E-state index contributed by atoms with van der Waals surface area (Å²) in [7, 11) is 1.38. The largest absolute Gasteiger partial charge is 0.378 e. The molecule has 0 saturated heterocycles. The van der Waals surface area contributed by atoms with Crippen LogP contribution in [0.1, 0.15) is 0 Å². The van der Waals surface area contributed by atoms with Crippen LogP contribution in [0, 0.1) is 0 Å². The summed E-state index contributed by atoms with van der Waals surface area (Å²) in [5, 5.41) is 24.1. The molecule has 0 aromatic heterocycles. The smallest absolute Gasteiger partial charge is 0.313 e. The molecule has 0 radical (unpaired) electrons. The summed E-state index contributed by atoms with van der Waals surface area (Å²) in [6.07, 6.45) is 0. The number of hydrazone groups is 1. The molecule has 6 heteroatoms. The van der Waals surface area contributed by atoms with Crippen LogP contribution in [0.25, 0.3) is 0 Å². The lowest BCUT2D eigenvalue weighted by Crippen LogP contribution is -2.47. The van der Waals surface area contributed by atoms with E-state index in [1.165, 1.54) is 7.11 Å². The Balaban J connectivity index is 2.35. The molecule has 6 nitrogen and oxygen atoms in total. The van der Waals surface area contributed by atoms with Crippen LogP contribution in [-0.2, 0) is 9.53 Å². The number of para-hydroxylation sites is 1. The summed E-state index contributed by atoms with van der Waals surface area (Å²) >= 11 is 0. The molecular formula is C11H12N2O4. The van der Waals surface area contributed by atoms with E-state index in [2.05, 4.69) is 5.10 Å². The predicted molar refractivity (Wildman–Crippen MR) is 60.4 cm³/mol. The third-order valence-electron chi connectivity index (χ3n) is 2.40. The Morgan fingerprint density at radius 1 is 1.35 bits per heavy atom. The second-order valence-corrected chi connectivity index (χ2v) is 3.60. The second kappa shape index (κ2) is 4.25. The molecule has 0 aliphatic carbocycles. The molecule has 0 fully saturated rings. The van der Waals surface area contributed by atoms with Crippen molar-refractivity contribution in [2.24, 2.45) is 5.10 Å². The lowest BCUT2D eigenvalue weighted by Gasteiger charge is -2.16. The quantitative estimate of drug-likeness (QED) is 0.707. The highest BCUT2D eigenvalue weighted by Crippen LogP contribution is 2.24. The van der Waals surface area contributed by atoms with E-state index in [1.54, 1.807) is 30.3 Å². The number of hydrogen-bond acceptors (Lipinski definition) is 5. The number of anilines is 1. The summed E-state index contributed by atoms with van der Waals surface area (Å²) in [5.41, 5.74) is 0.338. The number of carbonyl (C=O) groups excluding carboxylic acids is 1. The van der Waals surface area contributed by atoms with Crippen LogP contribution in [-0.4, -0.2) is 41.3 Å². The van der Waals surface area contributed by atoms with E-state index in [4.69, 9.17) is 4.74 Å². The molecule has 0 atom stereocenters. The van der Waals surface area contributed by atoms with Gasteiger partial charge in [0, 0.05) is 7.11 Å². The Labute approximate surface area is 97.7 Å². The Kier molecular flexibility index (Phi) is 2.93. The van der Waals surface area contributed by atoms with Gasteiger partial charge in [0.25, 0.3) is 5.79 Å². The molecule has 1 amide bonds. The number of amides is 1. The van der Waals surface area contributed by atoms with Crippen molar-refractivity contribution in [3.05, 3.63) is 30.3 Å². The lowest BCUT2D eigenvalue weighted by atomic mass is 10.1. The highest BCUT2D eigenvalue weighted by molar-refractivity contribution is 6.20. The zero-order valence-corrected chi connectivity index (χ0v) is 9.20. The van der Waals surface area contributed by atoms with E-state index in [9.17, 15) is 15.0 Å². The third kappa shape index (κ3) is 1.93. The van der Waals surface area contributed by atoms with Crippen LogP contribution in [0.5, 0.6) is 0 Å². The number of carbonyl (C=O) groups is 1. The van der Waals surface area contributed by atoms with Crippen molar-refractivity contribution in [2.45, 2.75) is 5.79 Å². The minimum atomic E-state index is -2.59. The number of hydrogen-bond donors (Lipinski definition) is 2. The zero-order valence-electron chi connectivity index (χ0n) is 9.20. The summed E-state index contributed by atoms with van der Waals surface area (Å²) in [6.45, 7) is -0.123. The van der Waals surface area contributed by atoms with Gasteiger partial charge >= 0.3 is 5.91 Å². The third-order valence-corrected chi connectivity index (χ3v) is 2.40. The average Bonchev–Trinajstić information content (AvgIpc) is 2.55. The van der Waals surface area contributed by atoms with Crippen LogP contribution in [0.15, 0.2) is 35.4 Å². The fourth-order valence-electron chi connectivity index (χ4n) is 1.52. The Hall–Kier alpha value is -1.76. The van der Waals surface area contributed by atoms with Gasteiger partial charge in [-0.25, -0.2) is 0 Å². The Morgan fingerprint density at radius 3 is 2.59 bits per heavy atom. The molecule has 17 heavy (non-hydrogen) atoms. The molecule has 1 aliphatic heterocycles. The first-order chi connectivity index (χ1) is 8.07. The van der Waals surface area contributed by atoms with Crippen molar-refractivity contribution in [2.75, 3.05) is 18.7 Å². The van der Waals surface area contributed by atoms with Gasteiger partial charge in [-0.3, -0.25) is 4.79 Å². The predicted octanol–water partition coefficient (Wildman–Crippen LogP) is -0.283. The summed E-state index contributed by atoms with van der Waals surface area (Å²) in [4.78, 5) is 11.8. The molecule has 0 bridgehead atoms. The topological polar surface area (TPSA) is 82.4 Å². The molecular weight excluding hydrogens is 224 g/mol. The van der Waals surface area contributed by atoms with Crippen LogP contribution in [0.2, 0.25) is 0 Å². The van der Waals surface area contributed by atoms with Gasteiger partial charge in [0.15, 0.2) is 0 Å². The fourth-order valence-corrected chi connectivity index (χ4v) is 1.52. The summed E-state index contributed by atoms with van der Waals surface area (Å²) < 4.78 is 4.76. The maximum Gasteiger partial charge on any atom is 0.313 e. The second-order valence-electron chi connectivity index (χ2n) is 3.60. The van der Waals surface area contributed by atoms with Gasteiger partial charge in [0.1, 0.15) is 5.71 Å². The number of nitrogens with zero attached hydrogens (tertiary/aromatic N) is 2. The molecule has 0 unspecified atom stereocenters. The van der Waals surface area contributed by atoms with Gasteiger partial charge in [0.05, 0.1) is 12.3 Å². The van der Waals surface area contributed by atoms with Gasteiger partial charge < -0.3 is 14.9 Å². The van der Waals surface area contributed by atoms with Crippen molar-refractivity contribution in [1.82, 2.24) is 0 Å². The van der Waals surface area contributed by atoms with Gasteiger partial charge in [0.2, 0.25) is 0 Å². The maximum absolute atomic E-state index is 11.8. The van der Waals surface area contributed by atoms with Crippen molar-refractivity contribution in [1.29, 1.82) is 0 Å². The molecule has 0 saturated carbocycles. The molecule has 2 N–H and O–H groups in total. The van der Waals surface area contributed by atoms with Crippen molar-refractivity contribution < 1.29 is 19.7 Å². The van der Waals surface area contributed by atoms with Gasteiger partial charge in [-0.2, -0.15) is 10.1 Å². The van der Waals surface area contributed by atoms with Crippen LogP contribution in [0.3, 0.4) is 0 Å². The SMILES string of the molecule is COCC1=NN(c2ccccc2)C(=O)C1(O)O. The molecule has 2 rings (SSSR count). The van der Waals surface area contributed by atoms with Gasteiger partial charge in [-0.15, -0.1) is 0 Å². The lowest BCUT2D eigenvalue weighted by molar-refractivity contribution is -0.156. The first-order valence-corrected chi connectivity index (χ1v) is 4.98. The van der Waals surface area contributed by atoms with E-state index in [1.807, 2.05) is 0 Å².